The molecule has 0 aliphatic heterocycles. The normalized spacial score (nSPS) is 10.1. The van der Waals surface area contributed by atoms with Gasteiger partial charge in [-0.1, -0.05) is 24.0 Å². The van der Waals surface area contributed by atoms with Gasteiger partial charge in [0.15, 0.2) is 0 Å². The van der Waals surface area contributed by atoms with E-state index >= 15 is 0 Å². The molecular formula is C25H15NO3. The highest BCUT2D eigenvalue weighted by atomic mass is 16.5. The van der Waals surface area contributed by atoms with Crippen LogP contribution in [0.1, 0.15) is 16.7 Å². The van der Waals surface area contributed by atoms with Gasteiger partial charge in [-0.25, -0.2) is 4.79 Å². The van der Waals surface area contributed by atoms with E-state index in [-0.39, 0.29) is 5.63 Å². The van der Waals surface area contributed by atoms with Gasteiger partial charge in [-0.2, -0.15) is 5.26 Å². The standard InChI is InChI=1S/C25H15NO3/c1-28-22-11-9-20(10-12-22)23-15-21-14-18(8-13-24(21)29-25(23)27)5-2-17-3-6-19(16-26)7-4-17/h3-4,6-15H,1H3. The van der Waals surface area contributed by atoms with E-state index in [4.69, 9.17) is 14.4 Å². The average molecular weight is 377 g/mol. The van der Waals surface area contributed by atoms with Crippen LogP contribution in [0.3, 0.4) is 0 Å². The summed E-state index contributed by atoms with van der Waals surface area (Å²) in [7, 11) is 1.60. The molecule has 0 radical (unpaired) electrons. The monoisotopic (exact) mass is 377 g/mol. The molecule has 4 rings (SSSR count). The zero-order chi connectivity index (χ0) is 20.2. The maximum absolute atomic E-state index is 12.4. The lowest BCUT2D eigenvalue weighted by molar-refractivity contribution is 0.415. The van der Waals surface area contributed by atoms with Crippen molar-refractivity contribution < 1.29 is 9.15 Å². The largest absolute Gasteiger partial charge is 0.497 e. The minimum Gasteiger partial charge on any atom is -0.497 e. The quantitative estimate of drug-likeness (QED) is 0.374. The highest BCUT2D eigenvalue weighted by Gasteiger charge is 2.08. The van der Waals surface area contributed by atoms with Crippen LogP contribution in [0.2, 0.25) is 0 Å². The third-order valence-electron chi connectivity index (χ3n) is 4.50. The molecule has 1 aromatic heterocycles. The third kappa shape index (κ3) is 3.88. The second kappa shape index (κ2) is 7.76. The zero-order valence-corrected chi connectivity index (χ0v) is 15.6. The smallest absolute Gasteiger partial charge is 0.344 e. The molecule has 0 N–H and O–H groups in total. The van der Waals surface area contributed by atoms with Crippen LogP contribution in [-0.2, 0) is 0 Å². The van der Waals surface area contributed by atoms with Crippen LogP contribution in [0, 0.1) is 23.2 Å². The Morgan fingerprint density at radius 2 is 1.48 bits per heavy atom. The van der Waals surface area contributed by atoms with Gasteiger partial charge in [-0.3, -0.25) is 0 Å². The Balaban J connectivity index is 1.71. The van der Waals surface area contributed by atoms with Gasteiger partial charge in [0, 0.05) is 16.5 Å². The first-order valence-corrected chi connectivity index (χ1v) is 8.91. The van der Waals surface area contributed by atoms with Gasteiger partial charge in [0.2, 0.25) is 0 Å². The summed E-state index contributed by atoms with van der Waals surface area (Å²) in [5, 5.41) is 9.66. The first-order chi connectivity index (χ1) is 14.2. The Morgan fingerprint density at radius 3 is 2.17 bits per heavy atom. The Morgan fingerprint density at radius 1 is 0.828 bits per heavy atom. The number of nitriles is 1. The van der Waals surface area contributed by atoms with Gasteiger partial charge in [0.05, 0.1) is 24.3 Å². The number of hydrogen-bond donors (Lipinski definition) is 0. The van der Waals surface area contributed by atoms with Crippen molar-refractivity contribution in [2.24, 2.45) is 0 Å². The number of nitrogens with zero attached hydrogens (tertiary/aromatic N) is 1. The number of fused-ring (bicyclic) bond motifs is 1. The Labute approximate surface area is 167 Å². The van der Waals surface area contributed by atoms with Gasteiger partial charge in [0.1, 0.15) is 11.3 Å². The Hall–Kier alpha value is -4.28. The molecular weight excluding hydrogens is 362 g/mol. The molecule has 0 spiro atoms. The fraction of sp³-hybridized carbons (Fsp3) is 0.0400. The van der Waals surface area contributed by atoms with Crippen molar-refractivity contribution in [3.8, 4) is 34.8 Å². The summed E-state index contributed by atoms with van der Waals surface area (Å²) in [6, 6.07) is 23.7. The van der Waals surface area contributed by atoms with Crippen LogP contribution in [0.15, 0.2) is 82.0 Å². The molecule has 0 amide bonds. The number of benzene rings is 3. The topological polar surface area (TPSA) is 63.2 Å². The molecule has 4 heteroatoms. The van der Waals surface area contributed by atoms with Crippen molar-refractivity contribution in [1.29, 1.82) is 5.26 Å². The van der Waals surface area contributed by atoms with Crippen LogP contribution in [-0.4, -0.2) is 7.11 Å². The highest BCUT2D eigenvalue weighted by Crippen LogP contribution is 2.24. The van der Waals surface area contributed by atoms with E-state index in [1.54, 1.807) is 37.4 Å². The summed E-state index contributed by atoms with van der Waals surface area (Å²) < 4.78 is 10.6. The second-order valence-electron chi connectivity index (χ2n) is 6.37. The van der Waals surface area contributed by atoms with E-state index in [0.717, 1.165) is 27.8 Å². The molecule has 29 heavy (non-hydrogen) atoms. The molecule has 3 aromatic carbocycles. The minimum atomic E-state index is -0.390. The maximum atomic E-state index is 12.4. The zero-order valence-electron chi connectivity index (χ0n) is 15.6. The van der Waals surface area contributed by atoms with Crippen molar-refractivity contribution in [2.45, 2.75) is 0 Å². The molecule has 1 heterocycles. The van der Waals surface area contributed by atoms with E-state index in [1.165, 1.54) is 0 Å². The highest BCUT2D eigenvalue weighted by molar-refractivity contribution is 5.83. The van der Waals surface area contributed by atoms with E-state index in [1.807, 2.05) is 42.5 Å². The van der Waals surface area contributed by atoms with Crippen molar-refractivity contribution in [3.05, 3.63) is 99.9 Å². The molecule has 0 aliphatic carbocycles. The SMILES string of the molecule is COc1ccc(-c2cc3cc(C#Cc4ccc(C#N)cc4)ccc3oc2=O)cc1. The molecule has 0 atom stereocenters. The van der Waals surface area contributed by atoms with Crippen LogP contribution in [0.25, 0.3) is 22.1 Å². The predicted molar refractivity (Wildman–Crippen MR) is 112 cm³/mol. The lowest BCUT2D eigenvalue weighted by Crippen LogP contribution is -2.02. The number of ether oxygens (including phenoxy) is 1. The molecule has 0 saturated carbocycles. The van der Waals surface area contributed by atoms with E-state index in [0.29, 0.717) is 16.7 Å². The average Bonchev–Trinajstić information content (AvgIpc) is 2.77. The maximum Gasteiger partial charge on any atom is 0.344 e. The van der Waals surface area contributed by atoms with Crippen molar-refractivity contribution in [3.63, 3.8) is 0 Å². The molecule has 4 aromatic rings. The van der Waals surface area contributed by atoms with Gasteiger partial charge in [0.25, 0.3) is 0 Å². The molecule has 0 unspecified atom stereocenters. The number of rotatable bonds is 2. The van der Waals surface area contributed by atoms with Crippen LogP contribution in [0.5, 0.6) is 5.75 Å². The summed E-state index contributed by atoms with van der Waals surface area (Å²) in [4.78, 5) is 12.4. The summed E-state index contributed by atoms with van der Waals surface area (Å²) in [6.45, 7) is 0. The lowest BCUT2D eigenvalue weighted by atomic mass is 10.0. The summed E-state index contributed by atoms with van der Waals surface area (Å²) in [5.41, 5.74) is 3.59. The molecule has 0 aliphatic rings. The minimum absolute atomic E-state index is 0.390. The van der Waals surface area contributed by atoms with E-state index < -0.39 is 0 Å². The fourth-order valence-corrected chi connectivity index (χ4v) is 2.95. The summed E-state index contributed by atoms with van der Waals surface area (Å²) in [6.07, 6.45) is 0. The van der Waals surface area contributed by atoms with Crippen molar-refractivity contribution in [1.82, 2.24) is 0 Å². The van der Waals surface area contributed by atoms with Crippen LogP contribution < -0.4 is 10.4 Å². The molecule has 0 bridgehead atoms. The van der Waals surface area contributed by atoms with E-state index in [9.17, 15) is 4.79 Å². The van der Waals surface area contributed by atoms with Crippen LogP contribution >= 0.6 is 0 Å². The van der Waals surface area contributed by atoms with Crippen molar-refractivity contribution >= 4 is 11.0 Å². The Bertz CT molecular complexity index is 1350. The summed E-state index contributed by atoms with van der Waals surface area (Å²) >= 11 is 0. The van der Waals surface area contributed by atoms with Gasteiger partial charge < -0.3 is 9.15 Å². The third-order valence-corrected chi connectivity index (χ3v) is 4.50. The fourth-order valence-electron chi connectivity index (χ4n) is 2.95. The van der Waals surface area contributed by atoms with E-state index in [2.05, 4.69) is 17.9 Å². The van der Waals surface area contributed by atoms with Crippen LogP contribution in [0.4, 0.5) is 0 Å². The Kier molecular flexibility index (Phi) is 4.84. The lowest BCUT2D eigenvalue weighted by Gasteiger charge is -2.04. The molecule has 4 nitrogen and oxygen atoms in total. The molecule has 0 fully saturated rings. The number of hydrogen-bond acceptors (Lipinski definition) is 4. The first-order valence-electron chi connectivity index (χ1n) is 8.91. The predicted octanol–water partition coefficient (Wildman–Crippen LogP) is 4.74. The van der Waals surface area contributed by atoms with Gasteiger partial charge >= 0.3 is 5.63 Å². The summed E-state index contributed by atoms with van der Waals surface area (Å²) in [5.74, 6) is 6.91. The number of methoxy groups -OCH3 is 1. The molecule has 138 valence electrons. The molecule has 0 saturated heterocycles. The van der Waals surface area contributed by atoms with Crippen molar-refractivity contribution in [2.75, 3.05) is 7.11 Å². The van der Waals surface area contributed by atoms with Gasteiger partial charge in [-0.05, 0) is 66.2 Å². The van der Waals surface area contributed by atoms with Gasteiger partial charge in [-0.15, -0.1) is 0 Å². The first kappa shape index (κ1) is 18.1. The second-order valence-corrected chi connectivity index (χ2v) is 6.37.